The second-order valence-electron chi connectivity index (χ2n) is 9.38. The Kier molecular flexibility index (Phi) is 5.46. The molecule has 1 aromatic heterocycles. The number of allylic oxidation sites excluding steroid dienone is 1. The minimum absolute atomic E-state index is 0.453. The molecule has 0 atom stereocenters. The summed E-state index contributed by atoms with van der Waals surface area (Å²) in [5.41, 5.74) is 1.41. The maximum atomic E-state index is 6.35. The lowest BCUT2D eigenvalue weighted by Crippen LogP contribution is -2.47. The molecule has 6 rings (SSSR count). The Balaban J connectivity index is 1.36. The maximum Gasteiger partial charge on any atom is 0.191 e. The van der Waals surface area contributed by atoms with Crippen molar-refractivity contribution in [2.45, 2.75) is 62.4 Å². The molecule has 0 saturated heterocycles. The summed E-state index contributed by atoms with van der Waals surface area (Å²) in [7, 11) is 0. The van der Waals surface area contributed by atoms with E-state index in [0.717, 1.165) is 47.3 Å². The Morgan fingerprint density at radius 3 is 2.28 bits per heavy atom. The second-order valence-corrected chi connectivity index (χ2v) is 11.1. The van der Waals surface area contributed by atoms with E-state index in [-0.39, 0.29) is 0 Å². The lowest BCUT2D eigenvalue weighted by Gasteiger charge is -2.56. The van der Waals surface area contributed by atoms with Gasteiger partial charge in [0.25, 0.3) is 0 Å². The highest BCUT2D eigenvalue weighted by Gasteiger charge is 2.51. The van der Waals surface area contributed by atoms with Gasteiger partial charge in [-0.05, 0) is 79.4 Å². The van der Waals surface area contributed by atoms with Gasteiger partial charge in [0.15, 0.2) is 5.16 Å². The molecule has 2 aromatic rings. The van der Waals surface area contributed by atoms with E-state index in [1.807, 2.05) is 24.3 Å². The summed E-state index contributed by atoms with van der Waals surface area (Å²) in [6, 6.07) is 5.65. The minimum atomic E-state index is 0.453. The predicted molar refractivity (Wildman–Crippen MR) is 121 cm³/mol. The highest BCUT2D eigenvalue weighted by Crippen LogP contribution is 2.61. The number of nitrogens with zero attached hydrogens (tertiary/aromatic N) is 3. The van der Waals surface area contributed by atoms with Crippen LogP contribution >= 0.6 is 35.0 Å². The zero-order valence-corrected chi connectivity index (χ0v) is 18.9. The van der Waals surface area contributed by atoms with Crippen molar-refractivity contribution in [3.8, 4) is 0 Å². The lowest BCUT2D eigenvalue weighted by molar-refractivity contribution is -0.0535. The summed E-state index contributed by atoms with van der Waals surface area (Å²) in [6.45, 7) is 4.71. The zero-order valence-electron chi connectivity index (χ0n) is 16.6. The van der Waals surface area contributed by atoms with Crippen LogP contribution in [0.4, 0.5) is 0 Å². The standard InChI is InChI=1S/C23H27Cl2N3S/c1-2-6-28-21(13-23-10-15-7-16(11-23)9-17(8-15)12-23)26-27-22(28)29-14-18-19(24)4-3-5-20(18)25/h2-5,15-17H,1,6-14H2. The van der Waals surface area contributed by atoms with Crippen molar-refractivity contribution in [2.75, 3.05) is 0 Å². The van der Waals surface area contributed by atoms with Gasteiger partial charge in [0, 0.05) is 28.8 Å². The van der Waals surface area contributed by atoms with Gasteiger partial charge in [0.1, 0.15) is 5.82 Å². The third kappa shape index (κ3) is 3.88. The van der Waals surface area contributed by atoms with Crippen LogP contribution in [-0.4, -0.2) is 14.8 Å². The van der Waals surface area contributed by atoms with Crippen molar-refractivity contribution in [1.29, 1.82) is 0 Å². The molecule has 0 radical (unpaired) electrons. The maximum absolute atomic E-state index is 6.35. The van der Waals surface area contributed by atoms with Crippen molar-refractivity contribution in [3.05, 3.63) is 52.3 Å². The topological polar surface area (TPSA) is 30.7 Å². The first kappa shape index (κ1) is 20.0. The van der Waals surface area contributed by atoms with Crippen molar-refractivity contribution in [1.82, 2.24) is 14.8 Å². The SMILES string of the molecule is C=CCn1c(CC23CC4CC(CC(C4)C2)C3)nnc1SCc1c(Cl)cccc1Cl. The smallest absolute Gasteiger partial charge is 0.191 e. The van der Waals surface area contributed by atoms with Gasteiger partial charge in [0.05, 0.1) is 0 Å². The number of aromatic nitrogens is 3. The monoisotopic (exact) mass is 447 g/mol. The predicted octanol–water partition coefficient (Wildman–Crippen LogP) is 6.82. The van der Waals surface area contributed by atoms with Crippen LogP contribution in [0.2, 0.25) is 10.0 Å². The Bertz CT molecular complexity index is 867. The van der Waals surface area contributed by atoms with Crippen molar-refractivity contribution in [3.63, 3.8) is 0 Å². The van der Waals surface area contributed by atoms with E-state index in [2.05, 4.69) is 21.3 Å². The zero-order chi connectivity index (χ0) is 20.0. The first-order valence-corrected chi connectivity index (χ1v) is 12.4. The molecule has 4 bridgehead atoms. The molecule has 29 heavy (non-hydrogen) atoms. The molecule has 0 aliphatic heterocycles. The largest absolute Gasteiger partial charge is 0.302 e. The van der Waals surface area contributed by atoms with E-state index in [9.17, 15) is 0 Å². The van der Waals surface area contributed by atoms with E-state index in [0.29, 0.717) is 21.2 Å². The van der Waals surface area contributed by atoms with Crippen LogP contribution in [0.3, 0.4) is 0 Å². The van der Waals surface area contributed by atoms with E-state index in [1.165, 1.54) is 38.5 Å². The molecule has 4 fully saturated rings. The van der Waals surface area contributed by atoms with Crippen LogP contribution in [0.15, 0.2) is 36.0 Å². The first-order valence-electron chi connectivity index (χ1n) is 10.6. The van der Waals surface area contributed by atoms with Crippen LogP contribution in [0, 0.1) is 23.2 Å². The van der Waals surface area contributed by atoms with Crippen LogP contribution in [-0.2, 0) is 18.7 Å². The van der Waals surface area contributed by atoms with Crippen LogP contribution in [0.1, 0.15) is 49.9 Å². The number of hydrogen-bond acceptors (Lipinski definition) is 3. The number of thioether (sulfide) groups is 1. The Morgan fingerprint density at radius 2 is 1.69 bits per heavy atom. The molecule has 3 nitrogen and oxygen atoms in total. The van der Waals surface area contributed by atoms with Gasteiger partial charge in [-0.2, -0.15) is 0 Å². The van der Waals surface area contributed by atoms with E-state index >= 15 is 0 Å². The molecule has 0 N–H and O–H groups in total. The highest BCUT2D eigenvalue weighted by atomic mass is 35.5. The van der Waals surface area contributed by atoms with Gasteiger partial charge in [-0.1, -0.05) is 47.1 Å². The molecule has 1 aromatic carbocycles. The molecule has 0 spiro atoms. The molecule has 6 heteroatoms. The molecule has 1 heterocycles. The molecule has 4 aliphatic rings. The van der Waals surface area contributed by atoms with Crippen molar-refractivity contribution < 1.29 is 0 Å². The summed E-state index contributed by atoms with van der Waals surface area (Å²) in [5.74, 6) is 4.67. The van der Waals surface area contributed by atoms with Gasteiger partial charge in [-0.3, -0.25) is 0 Å². The minimum Gasteiger partial charge on any atom is -0.302 e. The fraction of sp³-hybridized carbons (Fsp3) is 0.565. The molecular weight excluding hydrogens is 421 g/mol. The van der Waals surface area contributed by atoms with Gasteiger partial charge < -0.3 is 4.57 Å². The molecule has 0 unspecified atom stereocenters. The average molecular weight is 448 g/mol. The van der Waals surface area contributed by atoms with E-state index in [1.54, 1.807) is 11.8 Å². The second kappa shape index (κ2) is 7.94. The third-order valence-corrected chi connectivity index (χ3v) is 8.91. The van der Waals surface area contributed by atoms with Crippen LogP contribution in [0.5, 0.6) is 0 Å². The van der Waals surface area contributed by atoms with E-state index < -0.39 is 0 Å². The summed E-state index contributed by atoms with van der Waals surface area (Å²) in [5, 5.41) is 11.5. The number of hydrogen-bond donors (Lipinski definition) is 0. The lowest BCUT2D eigenvalue weighted by atomic mass is 9.49. The Hall–Kier alpha value is -0.970. The first-order chi connectivity index (χ1) is 14.0. The van der Waals surface area contributed by atoms with Crippen molar-refractivity contribution >= 4 is 35.0 Å². The quantitative estimate of drug-likeness (QED) is 0.344. The van der Waals surface area contributed by atoms with E-state index in [4.69, 9.17) is 23.2 Å². The number of benzene rings is 1. The summed E-state index contributed by atoms with van der Waals surface area (Å²) >= 11 is 14.4. The Labute approximate surface area is 187 Å². The molecule has 154 valence electrons. The molecule has 4 saturated carbocycles. The van der Waals surface area contributed by atoms with Gasteiger partial charge in [-0.25, -0.2) is 0 Å². The molecule has 4 aliphatic carbocycles. The number of halogens is 2. The van der Waals surface area contributed by atoms with Crippen LogP contribution < -0.4 is 0 Å². The number of rotatable bonds is 7. The van der Waals surface area contributed by atoms with Gasteiger partial charge in [0.2, 0.25) is 0 Å². The van der Waals surface area contributed by atoms with Crippen LogP contribution in [0.25, 0.3) is 0 Å². The average Bonchev–Trinajstić information content (AvgIpc) is 3.01. The Morgan fingerprint density at radius 1 is 1.07 bits per heavy atom. The third-order valence-electron chi connectivity index (χ3n) is 7.21. The van der Waals surface area contributed by atoms with Gasteiger partial charge >= 0.3 is 0 Å². The summed E-state index contributed by atoms with van der Waals surface area (Å²) in [4.78, 5) is 0. The molecule has 0 amide bonds. The fourth-order valence-corrected chi connectivity index (χ4v) is 8.23. The van der Waals surface area contributed by atoms with Gasteiger partial charge in [-0.15, -0.1) is 16.8 Å². The normalized spacial score (nSPS) is 30.1. The summed E-state index contributed by atoms with van der Waals surface area (Å²) in [6.07, 6.45) is 11.6. The molecular formula is C23H27Cl2N3S. The fourth-order valence-electron chi connectivity index (χ4n) is 6.52. The summed E-state index contributed by atoms with van der Waals surface area (Å²) < 4.78 is 2.25. The highest BCUT2D eigenvalue weighted by molar-refractivity contribution is 7.98. The van der Waals surface area contributed by atoms with Crippen molar-refractivity contribution in [2.24, 2.45) is 23.2 Å².